The molecule has 5 rings (SSSR count). The zero-order valence-electron chi connectivity index (χ0n) is 21.3. The predicted molar refractivity (Wildman–Crippen MR) is 142 cm³/mol. The molecule has 0 spiro atoms. The second kappa shape index (κ2) is 11.7. The molecule has 4 aromatic rings. The van der Waals surface area contributed by atoms with E-state index in [0.717, 1.165) is 30.8 Å². The Hall–Kier alpha value is -4.18. The van der Waals surface area contributed by atoms with Gasteiger partial charge in [0, 0.05) is 24.2 Å². The van der Waals surface area contributed by atoms with Gasteiger partial charge in [-0.25, -0.2) is 18.2 Å². The van der Waals surface area contributed by atoms with Crippen LogP contribution in [0, 0.1) is 12.7 Å². The van der Waals surface area contributed by atoms with E-state index in [0.29, 0.717) is 34.5 Å². The first-order valence-electron chi connectivity index (χ1n) is 12.7. The van der Waals surface area contributed by atoms with Crippen molar-refractivity contribution < 1.29 is 22.6 Å². The molecular formula is C29H28F3N5O2. The predicted octanol–water partition coefficient (Wildman–Crippen LogP) is 5.54. The molecule has 202 valence electrons. The van der Waals surface area contributed by atoms with Gasteiger partial charge in [-0.05, 0) is 79.5 Å². The molecule has 2 aromatic carbocycles. The van der Waals surface area contributed by atoms with Crippen molar-refractivity contribution in [3.05, 3.63) is 83.4 Å². The van der Waals surface area contributed by atoms with Gasteiger partial charge in [-0.3, -0.25) is 4.98 Å². The topological polar surface area (TPSA) is 95.2 Å². The number of nitrogens with two attached hydrogens (primary N) is 1. The minimum absolute atomic E-state index is 0.0594. The van der Waals surface area contributed by atoms with E-state index >= 15 is 0 Å². The number of pyridine rings is 1. The largest absolute Gasteiger partial charge is 0.489 e. The van der Waals surface area contributed by atoms with Gasteiger partial charge in [0.15, 0.2) is 0 Å². The van der Waals surface area contributed by atoms with Gasteiger partial charge in [-0.2, -0.15) is 4.98 Å². The summed E-state index contributed by atoms with van der Waals surface area (Å²) in [6.45, 7) is 3.67. The summed E-state index contributed by atoms with van der Waals surface area (Å²) in [5.41, 5.74) is 8.70. The van der Waals surface area contributed by atoms with E-state index in [1.165, 1.54) is 30.3 Å². The number of nitrogens with zero attached hydrogens (tertiary/aromatic N) is 3. The fraction of sp³-hybridized carbons (Fsp3) is 0.276. The van der Waals surface area contributed by atoms with Crippen molar-refractivity contribution in [3.63, 3.8) is 0 Å². The summed E-state index contributed by atoms with van der Waals surface area (Å²) in [4.78, 5) is 12.6. The number of hydrogen-bond acceptors (Lipinski definition) is 7. The lowest BCUT2D eigenvalue weighted by Crippen LogP contribution is -2.19. The first kappa shape index (κ1) is 26.4. The SMILES string of the molecule is Cc1cc(-c2c(OCCc3ccc(OC4CCNC4)cc3)nc(N)nc2-c2ccc(F)cc2)cc(C(F)F)n1. The second-order valence-corrected chi connectivity index (χ2v) is 9.32. The summed E-state index contributed by atoms with van der Waals surface area (Å²) in [6, 6.07) is 16.4. The zero-order valence-corrected chi connectivity index (χ0v) is 21.3. The Balaban J connectivity index is 1.43. The third kappa shape index (κ3) is 6.46. The van der Waals surface area contributed by atoms with Crippen LogP contribution in [-0.2, 0) is 6.42 Å². The minimum atomic E-state index is -2.77. The first-order chi connectivity index (χ1) is 18.9. The van der Waals surface area contributed by atoms with Crippen molar-refractivity contribution in [2.75, 3.05) is 25.4 Å². The molecule has 3 heterocycles. The molecule has 0 saturated carbocycles. The van der Waals surface area contributed by atoms with Crippen molar-refractivity contribution >= 4 is 5.95 Å². The van der Waals surface area contributed by atoms with Gasteiger partial charge in [0.05, 0.1) is 17.9 Å². The van der Waals surface area contributed by atoms with Gasteiger partial charge < -0.3 is 20.5 Å². The van der Waals surface area contributed by atoms with Gasteiger partial charge in [0.25, 0.3) is 6.43 Å². The molecule has 39 heavy (non-hydrogen) atoms. The van der Waals surface area contributed by atoms with Crippen molar-refractivity contribution in [1.82, 2.24) is 20.3 Å². The Bertz CT molecular complexity index is 1430. The van der Waals surface area contributed by atoms with Gasteiger partial charge in [-0.15, -0.1) is 0 Å². The summed E-state index contributed by atoms with van der Waals surface area (Å²) >= 11 is 0. The van der Waals surface area contributed by atoms with Gasteiger partial charge in [-0.1, -0.05) is 12.1 Å². The highest BCUT2D eigenvalue weighted by Crippen LogP contribution is 2.39. The van der Waals surface area contributed by atoms with Crippen LogP contribution in [0.1, 0.15) is 29.8 Å². The highest BCUT2D eigenvalue weighted by molar-refractivity contribution is 5.85. The zero-order chi connectivity index (χ0) is 27.4. The third-order valence-electron chi connectivity index (χ3n) is 6.37. The summed E-state index contributed by atoms with van der Waals surface area (Å²) in [7, 11) is 0. The molecule has 1 aliphatic heterocycles. The lowest BCUT2D eigenvalue weighted by Gasteiger charge is -2.17. The Morgan fingerprint density at radius 3 is 2.46 bits per heavy atom. The van der Waals surface area contributed by atoms with Gasteiger partial charge in [0.1, 0.15) is 23.4 Å². The lowest BCUT2D eigenvalue weighted by atomic mass is 9.99. The van der Waals surface area contributed by atoms with E-state index in [9.17, 15) is 13.2 Å². The summed E-state index contributed by atoms with van der Waals surface area (Å²) in [6.07, 6.45) is -1.05. The smallest absolute Gasteiger partial charge is 0.280 e. The van der Waals surface area contributed by atoms with E-state index in [4.69, 9.17) is 15.2 Å². The number of ether oxygens (including phenoxy) is 2. The summed E-state index contributed by atoms with van der Waals surface area (Å²) < 4.78 is 52.9. The van der Waals surface area contributed by atoms with Gasteiger partial charge >= 0.3 is 0 Å². The van der Waals surface area contributed by atoms with Crippen molar-refractivity contribution in [1.29, 1.82) is 0 Å². The number of alkyl halides is 2. The van der Waals surface area contributed by atoms with Crippen molar-refractivity contribution in [2.45, 2.75) is 32.3 Å². The number of anilines is 1. The molecule has 1 unspecified atom stereocenters. The quantitative estimate of drug-likeness (QED) is 0.291. The van der Waals surface area contributed by atoms with Crippen LogP contribution in [0.3, 0.4) is 0 Å². The fourth-order valence-electron chi connectivity index (χ4n) is 4.51. The normalized spacial score (nSPS) is 15.1. The van der Waals surface area contributed by atoms with Crippen LogP contribution in [0.15, 0.2) is 60.7 Å². The number of hydrogen-bond donors (Lipinski definition) is 2. The second-order valence-electron chi connectivity index (χ2n) is 9.32. The van der Waals surface area contributed by atoms with E-state index in [1.807, 2.05) is 24.3 Å². The third-order valence-corrected chi connectivity index (χ3v) is 6.37. The molecule has 10 heteroatoms. The Labute approximate surface area is 224 Å². The Morgan fingerprint density at radius 2 is 1.77 bits per heavy atom. The number of aryl methyl sites for hydroxylation is 1. The summed E-state index contributed by atoms with van der Waals surface area (Å²) in [5, 5.41) is 3.28. The molecular weight excluding hydrogens is 507 g/mol. The number of halogens is 3. The first-order valence-corrected chi connectivity index (χ1v) is 12.7. The molecule has 1 fully saturated rings. The molecule has 7 nitrogen and oxygen atoms in total. The fourth-order valence-corrected chi connectivity index (χ4v) is 4.51. The van der Waals surface area contributed by atoms with Crippen LogP contribution < -0.4 is 20.5 Å². The number of rotatable bonds is 9. The van der Waals surface area contributed by atoms with Gasteiger partial charge in [0.2, 0.25) is 11.8 Å². The Morgan fingerprint density at radius 1 is 1.00 bits per heavy atom. The van der Waals surface area contributed by atoms with Crippen LogP contribution in [0.2, 0.25) is 0 Å². The molecule has 0 amide bonds. The van der Waals surface area contributed by atoms with Crippen molar-refractivity contribution in [2.24, 2.45) is 0 Å². The highest BCUT2D eigenvalue weighted by atomic mass is 19.3. The van der Waals surface area contributed by atoms with E-state index in [2.05, 4.69) is 20.3 Å². The average Bonchev–Trinajstić information content (AvgIpc) is 3.42. The molecule has 1 saturated heterocycles. The van der Waals surface area contributed by atoms with Crippen LogP contribution in [0.25, 0.3) is 22.4 Å². The number of nitrogen functional groups attached to an aromatic ring is 1. The van der Waals surface area contributed by atoms with Crippen LogP contribution in [0.5, 0.6) is 11.6 Å². The number of nitrogens with one attached hydrogen (secondary N) is 1. The van der Waals surface area contributed by atoms with Crippen LogP contribution in [0.4, 0.5) is 19.1 Å². The maximum absolute atomic E-state index is 13.6. The van der Waals surface area contributed by atoms with Crippen molar-refractivity contribution in [3.8, 4) is 34.0 Å². The number of benzene rings is 2. The highest BCUT2D eigenvalue weighted by Gasteiger charge is 2.22. The maximum atomic E-state index is 13.6. The minimum Gasteiger partial charge on any atom is -0.489 e. The average molecular weight is 536 g/mol. The van der Waals surface area contributed by atoms with Crippen LogP contribution >= 0.6 is 0 Å². The maximum Gasteiger partial charge on any atom is 0.280 e. The van der Waals surface area contributed by atoms with E-state index in [1.54, 1.807) is 13.0 Å². The van der Waals surface area contributed by atoms with Crippen LogP contribution in [-0.4, -0.2) is 40.8 Å². The molecule has 0 radical (unpaired) electrons. The molecule has 0 bridgehead atoms. The molecule has 1 atom stereocenters. The number of aromatic nitrogens is 3. The Kier molecular flexibility index (Phi) is 7.92. The summed E-state index contributed by atoms with van der Waals surface area (Å²) in [5.74, 6) is 0.470. The monoisotopic (exact) mass is 535 g/mol. The molecule has 2 aromatic heterocycles. The lowest BCUT2D eigenvalue weighted by molar-refractivity contribution is 0.146. The van der Waals surface area contributed by atoms with E-state index in [-0.39, 0.29) is 30.2 Å². The molecule has 0 aliphatic carbocycles. The molecule has 1 aliphatic rings. The standard InChI is InChI=1S/C29H28F3N5O2/c1-17-14-20(15-24(35-17)27(31)32)25-26(19-4-6-21(30)7-5-19)36-29(33)37-28(25)38-13-11-18-2-8-22(9-3-18)39-23-10-12-34-16-23/h2-9,14-15,23,27,34H,10-13,16H2,1H3,(H2,33,36,37). The molecule has 3 N–H and O–H groups in total. The van der Waals surface area contributed by atoms with E-state index < -0.39 is 12.2 Å².